The van der Waals surface area contributed by atoms with Crippen LogP contribution in [0.15, 0.2) is 50.6 Å². The molecule has 0 unspecified atom stereocenters. The number of H-pyrrole nitrogens is 2. The van der Waals surface area contributed by atoms with Crippen molar-refractivity contribution in [1.29, 1.82) is 0 Å². The van der Waals surface area contributed by atoms with Crippen molar-refractivity contribution in [3.05, 3.63) is 51.4 Å². The number of aromatic nitrogens is 2. The van der Waals surface area contributed by atoms with Gasteiger partial charge in [0.1, 0.15) is 12.7 Å². The van der Waals surface area contributed by atoms with Gasteiger partial charge in [0.15, 0.2) is 11.5 Å². The molecule has 1 atom stereocenters. The van der Waals surface area contributed by atoms with Crippen LogP contribution in [0.5, 0.6) is 11.5 Å². The number of para-hydroxylation sites is 2. The fourth-order valence-electron chi connectivity index (χ4n) is 2.69. The molecule has 0 saturated carbocycles. The molecule has 0 saturated heterocycles. The van der Waals surface area contributed by atoms with Crippen LogP contribution in [0.2, 0.25) is 0 Å². The van der Waals surface area contributed by atoms with Gasteiger partial charge in [0.25, 0.3) is 0 Å². The molecule has 4 rings (SSSR count). The van der Waals surface area contributed by atoms with E-state index < -0.39 is 21.8 Å². The highest BCUT2D eigenvalue weighted by atomic mass is 79.9. The Balaban J connectivity index is 1.53. The Kier molecular flexibility index (Phi) is 4.25. The summed E-state index contributed by atoms with van der Waals surface area (Å²) in [5.41, 5.74) is 0.520. The Morgan fingerprint density at radius 1 is 1.15 bits per heavy atom. The zero-order valence-electron chi connectivity index (χ0n) is 13.3. The van der Waals surface area contributed by atoms with Crippen LogP contribution in [0.4, 0.5) is 0 Å². The monoisotopic (exact) mass is 439 g/mol. The lowest BCUT2D eigenvalue weighted by Gasteiger charge is -2.26. The van der Waals surface area contributed by atoms with E-state index in [-0.39, 0.29) is 18.0 Å². The fraction of sp³-hybridized carbons (Fsp3) is 0.188. The van der Waals surface area contributed by atoms with Gasteiger partial charge >= 0.3 is 5.69 Å². The van der Waals surface area contributed by atoms with Crippen molar-refractivity contribution in [3.63, 3.8) is 0 Å². The van der Waals surface area contributed by atoms with E-state index in [1.807, 2.05) is 12.1 Å². The molecule has 2 aromatic carbocycles. The lowest BCUT2D eigenvalue weighted by atomic mass is 10.2. The smallest absolute Gasteiger partial charge is 0.323 e. The van der Waals surface area contributed by atoms with E-state index in [0.717, 1.165) is 0 Å². The molecule has 10 heteroatoms. The minimum atomic E-state index is -3.82. The van der Waals surface area contributed by atoms with Crippen LogP contribution in [0.1, 0.15) is 0 Å². The SMILES string of the molecule is O=c1[nH]c2cc(Br)c(S(=O)(=O)NC[C@@H]3COc4ccccc4O3)cc2[nH]1. The second-order valence-corrected chi connectivity index (χ2v) is 8.35. The summed E-state index contributed by atoms with van der Waals surface area (Å²) in [6.07, 6.45) is -0.450. The summed E-state index contributed by atoms with van der Waals surface area (Å²) in [6.45, 7) is 0.287. The second-order valence-electron chi connectivity index (χ2n) is 5.76. The average molecular weight is 440 g/mol. The Bertz CT molecular complexity index is 1140. The van der Waals surface area contributed by atoms with Crippen molar-refractivity contribution >= 4 is 37.0 Å². The molecule has 1 aliphatic heterocycles. The van der Waals surface area contributed by atoms with E-state index in [1.54, 1.807) is 12.1 Å². The first kappa shape index (κ1) is 17.1. The van der Waals surface area contributed by atoms with E-state index in [1.165, 1.54) is 12.1 Å². The summed E-state index contributed by atoms with van der Waals surface area (Å²) in [7, 11) is -3.82. The van der Waals surface area contributed by atoms with E-state index in [9.17, 15) is 13.2 Å². The molecule has 1 aliphatic rings. The van der Waals surface area contributed by atoms with Gasteiger partial charge in [-0.1, -0.05) is 12.1 Å². The summed E-state index contributed by atoms with van der Waals surface area (Å²) in [6, 6.07) is 10.1. The first-order chi connectivity index (χ1) is 12.4. The molecule has 0 fully saturated rings. The number of sulfonamides is 1. The largest absolute Gasteiger partial charge is 0.486 e. The van der Waals surface area contributed by atoms with Gasteiger partial charge < -0.3 is 19.4 Å². The predicted molar refractivity (Wildman–Crippen MR) is 98.2 cm³/mol. The quantitative estimate of drug-likeness (QED) is 0.572. The number of halogens is 1. The molecule has 8 nitrogen and oxygen atoms in total. The second kappa shape index (κ2) is 6.45. The van der Waals surface area contributed by atoms with Crippen LogP contribution in [0.25, 0.3) is 11.0 Å². The molecular weight excluding hydrogens is 426 g/mol. The molecule has 0 radical (unpaired) electrons. The van der Waals surface area contributed by atoms with Gasteiger partial charge in [0.05, 0.1) is 22.5 Å². The molecule has 3 N–H and O–H groups in total. The summed E-state index contributed by atoms with van der Waals surface area (Å²) in [5, 5.41) is 0. The van der Waals surface area contributed by atoms with Crippen molar-refractivity contribution < 1.29 is 17.9 Å². The number of hydrogen-bond acceptors (Lipinski definition) is 5. The number of hydrogen-bond donors (Lipinski definition) is 3. The normalized spacial score (nSPS) is 16.7. The van der Waals surface area contributed by atoms with Gasteiger partial charge in [-0.05, 0) is 40.2 Å². The molecule has 2 heterocycles. The van der Waals surface area contributed by atoms with E-state index in [0.29, 0.717) is 27.0 Å². The fourth-order valence-corrected chi connectivity index (χ4v) is 4.82. The van der Waals surface area contributed by atoms with Crippen LogP contribution in [0.3, 0.4) is 0 Å². The van der Waals surface area contributed by atoms with Crippen molar-refractivity contribution in [3.8, 4) is 11.5 Å². The number of benzene rings is 2. The van der Waals surface area contributed by atoms with Gasteiger partial charge in [0, 0.05) is 4.47 Å². The van der Waals surface area contributed by atoms with E-state index >= 15 is 0 Å². The Morgan fingerprint density at radius 2 is 1.85 bits per heavy atom. The standard InChI is InChI=1S/C16H14BrN3O5S/c17-10-5-11-12(20-16(21)19-11)6-15(10)26(22,23)18-7-9-8-24-13-3-1-2-4-14(13)25-9/h1-6,9,18H,7-8H2,(H2,19,20,21)/t9-/m1/s1. The summed E-state index contributed by atoms with van der Waals surface area (Å²) in [4.78, 5) is 16.5. The first-order valence-corrected chi connectivity index (χ1v) is 10.00. The van der Waals surface area contributed by atoms with Crippen molar-refractivity contribution in [2.75, 3.05) is 13.2 Å². The molecule has 0 aliphatic carbocycles. The molecular formula is C16H14BrN3O5S. The summed E-state index contributed by atoms with van der Waals surface area (Å²) >= 11 is 3.24. The first-order valence-electron chi connectivity index (χ1n) is 7.72. The maximum atomic E-state index is 12.7. The molecule has 1 aromatic heterocycles. The highest BCUT2D eigenvalue weighted by Gasteiger charge is 2.25. The molecule has 0 amide bonds. The Hall–Kier alpha value is -2.30. The number of rotatable bonds is 4. The Labute approximate surface area is 156 Å². The van der Waals surface area contributed by atoms with Gasteiger partial charge in [-0.25, -0.2) is 17.9 Å². The van der Waals surface area contributed by atoms with Crippen molar-refractivity contribution in [2.24, 2.45) is 0 Å². The van der Waals surface area contributed by atoms with Crippen LogP contribution >= 0.6 is 15.9 Å². The molecule has 26 heavy (non-hydrogen) atoms. The molecule has 136 valence electrons. The average Bonchev–Trinajstić information content (AvgIpc) is 2.98. The zero-order chi connectivity index (χ0) is 18.3. The maximum Gasteiger partial charge on any atom is 0.323 e. The van der Waals surface area contributed by atoms with Gasteiger partial charge in [-0.2, -0.15) is 0 Å². The Morgan fingerprint density at radius 3 is 2.62 bits per heavy atom. The number of fused-ring (bicyclic) bond motifs is 2. The van der Waals surface area contributed by atoms with E-state index in [2.05, 4.69) is 30.6 Å². The van der Waals surface area contributed by atoms with Gasteiger partial charge in [0.2, 0.25) is 10.0 Å². The predicted octanol–water partition coefficient (Wildman–Crippen LogP) is 1.74. The van der Waals surface area contributed by atoms with Crippen molar-refractivity contribution in [1.82, 2.24) is 14.7 Å². The van der Waals surface area contributed by atoms with Crippen LogP contribution in [-0.2, 0) is 10.0 Å². The number of ether oxygens (including phenoxy) is 2. The van der Waals surface area contributed by atoms with Gasteiger partial charge in [-0.15, -0.1) is 0 Å². The molecule has 0 spiro atoms. The minimum Gasteiger partial charge on any atom is -0.486 e. The topological polar surface area (TPSA) is 113 Å². The molecule has 3 aromatic rings. The van der Waals surface area contributed by atoms with Crippen molar-refractivity contribution in [2.45, 2.75) is 11.0 Å². The highest BCUT2D eigenvalue weighted by molar-refractivity contribution is 9.10. The lowest BCUT2D eigenvalue weighted by molar-refractivity contribution is 0.0943. The maximum absolute atomic E-state index is 12.7. The van der Waals surface area contributed by atoms with Crippen LogP contribution in [-0.4, -0.2) is 37.6 Å². The summed E-state index contributed by atoms with van der Waals surface area (Å²) < 4.78 is 39.5. The van der Waals surface area contributed by atoms with Crippen LogP contribution < -0.4 is 19.9 Å². The number of nitrogens with one attached hydrogen (secondary N) is 3. The third kappa shape index (κ3) is 3.22. The zero-order valence-corrected chi connectivity index (χ0v) is 15.7. The number of imidazole rings is 1. The van der Waals surface area contributed by atoms with E-state index in [4.69, 9.17) is 9.47 Å². The minimum absolute atomic E-state index is 0.0253. The highest BCUT2D eigenvalue weighted by Crippen LogP contribution is 2.31. The summed E-state index contributed by atoms with van der Waals surface area (Å²) in [5.74, 6) is 1.21. The van der Waals surface area contributed by atoms with Gasteiger partial charge in [-0.3, -0.25) is 0 Å². The molecule has 0 bridgehead atoms. The van der Waals surface area contributed by atoms with Crippen LogP contribution in [0, 0.1) is 0 Å². The number of aromatic amines is 2. The lowest BCUT2D eigenvalue weighted by Crippen LogP contribution is -2.40. The third-order valence-electron chi connectivity index (χ3n) is 3.93. The third-order valence-corrected chi connectivity index (χ3v) is 6.31.